The van der Waals surface area contributed by atoms with Crippen LogP contribution in [0.2, 0.25) is 0 Å². The van der Waals surface area contributed by atoms with Crippen LogP contribution >= 0.6 is 22.7 Å². The lowest BCUT2D eigenvalue weighted by atomic mass is 10.1. The highest BCUT2D eigenvalue weighted by atomic mass is 32.1. The van der Waals surface area contributed by atoms with Crippen LogP contribution in [0.4, 0.5) is 11.4 Å². The molecule has 0 aliphatic heterocycles. The maximum absolute atomic E-state index is 10.8. The highest BCUT2D eigenvalue weighted by Crippen LogP contribution is 2.36. The van der Waals surface area contributed by atoms with Gasteiger partial charge in [0.2, 0.25) is 0 Å². The van der Waals surface area contributed by atoms with Crippen LogP contribution in [0.15, 0.2) is 71.4 Å². The second-order valence-corrected chi connectivity index (χ2v) is 8.66. The summed E-state index contributed by atoms with van der Waals surface area (Å²) in [4.78, 5) is 23.0. The first-order chi connectivity index (χ1) is 15.5. The van der Waals surface area contributed by atoms with Crippen LogP contribution in [0, 0.1) is 20.2 Å². The fourth-order valence-corrected chi connectivity index (χ4v) is 4.71. The second kappa shape index (κ2) is 9.51. The van der Waals surface area contributed by atoms with Gasteiger partial charge in [-0.1, -0.05) is 12.2 Å². The Morgan fingerprint density at radius 1 is 0.562 bits per heavy atom. The quantitative estimate of drug-likeness (QED) is 0.209. The summed E-state index contributed by atoms with van der Waals surface area (Å²) >= 11 is 3.25. The van der Waals surface area contributed by atoms with E-state index in [0.29, 0.717) is 0 Å². The van der Waals surface area contributed by atoms with Crippen LogP contribution in [-0.4, -0.2) is 9.85 Å². The molecular weight excluding hydrogens is 444 g/mol. The van der Waals surface area contributed by atoms with Gasteiger partial charge in [-0.05, 0) is 70.4 Å². The molecule has 158 valence electrons. The molecule has 4 rings (SSSR count). The summed E-state index contributed by atoms with van der Waals surface area (Å²) in [7, 11) is 0. The van der Waals surface area contributed by atoms with Gasteiger partial charge in [0.05, 0.1) is 9.85 Å². The molecule has 0 atom stereocenters. The lowest BCUT2D eigenvalue weighted by Crippen LogP contribution is -1.86. The molecule has 0 spiro atoms. The summed E-state index contributed by atoms with van der Waals surface area (Å²) in [5, 5.41) is 25.7. The normalized spacial score (nSPS) is 11.4. The molecule has 0 saturated heterocycles. The maximum Gasteiger partial charge on any atom is 0.269 e. The zero-order chi connectivity index (χ0) is 22.5. The Balaban J connectivity index is 1.55. The maximum atomic E-state index is 10.8. The first-order valence-electron chi connectivity index (χ1n) is 9.52. The van der Waals surface area contributed by atoms with Crippen molar-refractivity contribution in [2.75, 3.05) is 0 Å². The van der Waals surface area contributed by atoms with Gasteiger partial charge in [0.15, 0.2) is 0 Å². The number of nitro benzene ring substituents is 2. The zero-order valence-electron chi connectivity index (χ0n) is 16.6. The average molecular weight is 461 g/mol. The minimum atomic E-state index is -0.410. The fraction of sp³-hybridized carbons (Fsp3) is 0. The van der Waals surface area contributed by atoms with Crippen molar-refractivity contribution in [3.63, 3.8) is 0 Å². The van der Waals surface area contributed by atoms with Crippen molar-refractivity contribution < 1.29 is 9.85 Å². The van der Waals surface area contributed by atoms with Crippen molar-refractivity contribution >= 4 is 58.4 Å². The monoisotopic (exact) mass is 460 g/mol. The SMILES string of the molecule is O=[N+]([O-])c1ccc(/C=C\c2sccc2-c2ccsc2/C=C/c2ccc([N+](=O)[O-])cc2)cc1. The van der Waals surface area contributed by atoms with Gasteiger partial charge in [0.1, 0.15) is 0 Å². The lowest BCUT2D eigenvalue weighted by Gasteiger charge is -2.01. The number of benzene rings is 2. The number of hydrogen-bond acceptors (Lipinski definition) is 6. The van der Waals surface area contributed by atoms with Crippen molar-refractivity contribution in [3.05, 3.63) is 113 Å². The van der Waals surface area contributed by atoms with Crippen molar-refractivity contribution in [3.8, 4) is 11.1 Å². The van der Waals surface area contributed by atoms with Gasteiger partial charge in [-0.25, -0.2) is 0 Å². The van der Waals surface area contributed by atoms with Crippen LogP contribution in [0.25, 0.3) is 35.4 Å². The summed E-state index contributed by atoms with van der Waals surface area (Å²) < 4.78 is 0. The molecule has 0 radical (unpaired) electrons. The third-order valence-corrected chi connectivity index (χ3v) is 6.51. The Morgan fingerprint density at radius 2 is 0.938 bits per heavy atom. The van der Waals surface area contributed by atoms with Gasteiger partial charge in [0.25, 0.3) is 11.4 Å². The van der Waals surface area contributed by atoms with E-state index in [0.717, 1.165) is 32.0 Å². The standard InChI is InChI=1S/C24H16N2O4S2/c27-25(28)19-7-1-17(2-8-19)5-11-23-21(13-15-31-23)22-14-16-32-24(22)12-6-18-3-9-20(10-4-18)26(29)30/h1-16H/b11-5-,12-6+. The average Bonchev–Trinajstić information content (AvgIpc) is 3.45. The molecule has 2 aromatic carbocycles. The Bertz CT molecular complexity index is 1210. The minimum Gasteiger partial charge on any atom is -0.258 e. The molecule has 0 amide bonds. The highest BCUT2D eigenvalue weighted by molar-refractivity contribution is 7.12. The molecule has 0 aliphatic carbocycles. The molecular formula is C24H16N2O4S2. The summed E-state index contributed by atoms with van der Waals surface area (Å²) in [6, 6.07) is 17.0. The van der Waals surface area contributed by atoms with Crippen molar-refractivity contribution in [2.24, 2.45) is 0 Å². The summed E-state index contributed by atoms with van der Waals surface area (Å²) in [5.41, 5.74) is 4.14. The molecule has 0 saturated carbocycles. The Labute approximate surface area is 191 Å². The molecule has 0 aliphatic rings. The first kappa shape index (κ1) is 21.4. The van der Waals surface area contributed by atoms with Gasteiger partial charge in [-0.15, -0.1) is 22.7 Å². The van der Waals surface area contributed by atoms with Crippen LogP contribution in [0.5, 0.6) is 0 Å². The molecule has 6 nitrogen and oxygen atoms in total. The summed E-state index contributed by atoms with van der Waals surface area (Å²) in [6.07, 6.45) is 7.92. The molecule has 8 heteroatoms. The third kappa shape index (κ3) is 4.88. The summed E-state index contributed by atoms with van der Waals surface area (Å²) in [5.74, 6) is 0. The van der Waals surface area contributed by atoms with Crippen molar-refractivity contribution in [1.82, 2.24) is 0 Å². The topological polar surface area (TPSA) is 86.3 Å². The van der Waals surface area contributed by atoms with E-state index < -0.39 is 9.85 Å². The summed E-state index contributed by atoms with van der Waals surface area (Å²) in [6.45, 7) is 0. The molecule has 0 unspecified atom stereocenters. The molecule has 0 bridgehead atoms. The Hall–Kier alpha value is -3.88. The Morgan fingerprint density at radius 3 is 1.28 bits per heavy atom. The lowest BCUT2D eigenvalue weighted by molar-refractivity contribution is -0.385. The minimum absolute atomic E-state index is 0.0710. The van der Waals surface area contributed by atoms with Crippen molar-refractivity contribution in [1.29, 1.82) is 0 Å². The number of non-ortho nitro benzene ring substituents is 2. The number of thiophene rings is 2. The smallest absolute Gasteiger partial charge is 0.258 e. The van der Waals surface area contributed by atoms with E-state index in [1.807, 2.05) is 35.1 Å². The van der Waals surface area contributed by atoms with E-state index in [1.54, 1.807) is 46.9 Å². The van der Waals surface area contributed by atoms with Crippen molar-refractivity contribution in [2.45, 2.75) is 0 Å². The molecule has 4 aromatic rings. The van der Waals surface area contributed by atoms with E-state index in [4.69, 9.17) is 0 Å². The fourth-order valence-electron chi connectivity index (χ4n) is 3.10. The van der Waals surface area contributed by atoms with Crippen LogP contribution in [0.3, 0.4) is 0 Å². The van der Waals surface area contributed by atoms with Gasteiger partial charge < -0.3 is 0 Å². The predicted molar refractivity (Wildman–Crippen MR) is 132 cm³/mol. The number of nitrogens with zero attached hydrogens (tertiary/aromatic N) is 2. The van der Waals surface area contributed by atoms with Crippen LogP contribution < -0.4 is 0 Å². The first-order valence-corrected chi connectivity index (χ1v) is 11.3. The third-order valence-electron chi connectivity index (χ3n) is 4.74. The number of hydrogen-bond donors (Lipinski definition) is 0. The van der Waals surface area contributed by atoms with Crippen LogP contribution in [-0.2, 0) is 0 Å². The van der Waals surface area contributed by atoms with E-state index in [1.165, 1.54) is 24.3 Å². The molecule has 0 fully saturated rings. The molecule has 32 heavy (non-hydrogen) atoms. The molecule has 2 heterocycles. The predicted octanol–water partition coefficient (Wildman–Crippen LogP) is 7.63. The molecule has 0 N–H and O–H groups in total. The van der Waals surface area contributed by atoms with Gasteiger partial charge in [-0.3, -0.25) is 20.2 Å². The van der Waals surface area contributed by atoms with E-state index in [2.05, 4.69) is 12.1 Å². The zero-order valence-corrected chi connectivity index (χ0v) is 18.2. The van der Waals surface area contributed by atoms with E-state index >= 15 is 0 Å². The highest BCUT2D eigenvalue weighted by Gasteiger charge is 2.10. The largest absolute Gasteiger partial charge is 0.269 e. The van der Waals surface area contributed by atoms with Gasteiger partial charge >= 0.3 is 0 Å². The number of rotatable bonds is 7. The molecule has 2 aromatic heterocycles. The van der Waals surface area contributed by atoms with E-state index in [-0.39, 0.29) is 11.4 Å². The van der Waals surface area contributed by atoms with Gasteiger partial charge in [-0.2, -0.15) is 0 Å². The second-order valence-electron chi connectivity index (χ2n) is 6.76. The Kier molecular flexibility index (Phi) is 6.34. The number of nitro groups is 2. The van der Waals surface area contributed by atoms with Crippen LogP contribution in [0.1, 0.15) is 20.9 Å². The van der Waals surface area contributed by atoms with E-state index in [9.17, 15) is 20.2 Å². The van der Waals surface area contributed by atoms with Gasteiger partial charge in [0, 0.05) is 45.1 Å².